The molecule has 9 heteroatoms. The molecule has 26 heavy (non-hydrogen) atoms. The molecule has 1 aromatic heterocycles. The van der Waals surface area contributed by atoms with Gasteiger partial charge in [-0.15, -0.1) is 11.3 Å². The van der Waals surface area contributed by atoms with Gasteiger partial charge in [-0.05, 0) is 36.4 Å². The number of halogens is 2. The first-order valence-electron chi connectivity index (χ1n) is 7.26. The highest BCUT2D eigenvalue weighted by Gasteiger charge is 2.14. The second kappa shape index (κ2) is 7.14. The maximum atomic E-state index is 13.2. The third-order valence-corrected chi connectivity index (χ3v) is 5.62. The van der Waals surface area contributed by atoms with Gasteiger partial charge in [-0.25, -0.2) is 17.8 Å². The van der Waals surface area contributed by atoms with E-state index in [4.69, 9.17) is 11.6 Å². The van der Waals surface area contributed by atoms with Gasteiger partial charge in [0.15, 0.2) is 15.0 Å². The van der Waals surface area contributed by atoms with Crippen LogP contribution in [-0.4, -0.2) is 25.6 Å². The van der Waals surface area contributed by atoms with Crippen LogP contribution in [0.25, 0.3) is 11.3 Å². The lowest BCUT2D eigenvalue weighted by Crippen LogP contribution is -2.12. The standard InChI is InChI=1S/C17H12ClFN2O3S2/c1-26(23,24)12-4-2-3-11(7-12)16(22)21-17-20-15(9-25-17)10-5-6-14(19)13(18)8-10/h2-9H,1H3,(H,20,21,22). The van der Waals surface area contributed by atoms with Gasteiger partial charge in [-0.1, -0.05) is 17.7 Å². The fourth-order valence-corrected chi connectivity index (χ4v) is 3.72. The van der Waals surface area contributed by atoms with E-state index in [0.717, 1.165) is 6.26 Å². The molecule has 1 N–H and O–H groups in total. The van der Waals surface area contributed by atoms with Crippen molar-refractivity contribution in [2.24, 2.45) is 0 Å². The molecule has 1 heterocycles. The zero-order chi connectivity index (χ0) is 18.9. The number of amides is 1. The molecule has 5 nitrogen and oxygen atoms in total. The van der Waals surface area contributed by atoms with E-state index >= 15 is 0 Å². The quantitative estimate of drug-likeness (QED) is 0.697. The highest BCUT2D eigenvalue weighted by molar-refractivity contribution is 7.90. The average molecular weight is 411 g/mol. The van der Waals surface area contributed by atoms with Crippen LogP contribution in [-0.2, 0) is 9.84 Å². The summed E-state index contributed by atoms with van der Waals surface area (Å²) in [4.78, 5) is 16.7. The predicted molar refractivity (Wildman–Crippen MR) is 100 cm³/mol. The second-order valence-corrected chi connectivity index (χ2v) is 8.70. The van der Waals surface area contributed by atoms with E-state index in [1.54, 1.807) is 5.38 Å². The van der Waals surface area contributed by atoms with Gasteiger partial charge >= 0.3 is 0 Å². The van der Waals surface area contributed by atoms with E-state index in [1.807, 2.05) is 0 Å². The number of rotatable bonds is 4. The minimum Gasteiger partial charge on any atom is -0.298 e. The van der Waals surface area contributed by atoms with Crippen LogP contribution in [0.5, 0.6) is 0 Å². The first kappa shape index (κ1) is 18.5. The van der Waals surface area contributed by atoms with Crippen LogP contribution < -0.4 is 5.32 Å². The Morgan fingerprint density at radius 2 is 2.00 bits per heavy atom. The van der Waals surface area contributed by atoms with Crippen molar-refractivity contribution in [1.29, 1.82) is 0 Å². The lowest BCUT2D eigenvalue weighted by Gasteiger charge is -2.04. The van der Waals surface area contributed by atoms with Crippen molar-refractivity contribution in [3.63, 3.8) is 0 Å². The molecule has 0 bridgehead atoms. The molecule has 2 aromatic carbocycles. The van der Waals surface area contributed by atoms with E-state index in [-0.39, 0.29) is 15.5 Å². The lowest BCUT2D eigenvalue weighted by molar-refractivity contribution is 0.102. The Morgan fingerprint density at radius 3 is 2.69 bits per heavy atom. The molecule has 0 aliphatic rings. The molecule has 0 saturated heterocycles. The summed E-state index contributed by atoms with van der Waals surface area (Å²) in [6.45, 7) is 0. The molecule has 134 valence electrons. The molecule has 0 fully saturated rings. The topological polar surface area (TPSA) is 76.1 Å². The Morgan fingerprint density at radius 1 is 1.23 bits per heavy atom. The second-order valence-electron chi connectivity index (χ2n) is 5.42. The van der Waals surface area contributed by atoms with Crippen molar-refractivity contribution in [3.05, 3.63) is 64.2 Å². The molecule has 3 aromatic rings. The Hall–Kier alpha value is -2.29. The third-order valence-electron chi connectivity index (χ3n) is 3.46. The molecule has 3 rings (SSSR count). The zero-order valence-electron chi connectivity index (χ0n) is 13.4. The molecule has 0 unspecified atom stereocenters. The van der Waals surface area contributed by atoms with Crippen LogP contribution in [0.4, 0.5) is 9.52 Å². The van der Waals surface area contributed by atoms with Gasteiger partial charge < -0.3 is 0 Å². The van der Waals surface area contributed by atoms with E-state index in [1.165, 1.54) is 53.8 Å². The number of hydrogen-bond donors (Lipinski definition) is 1. The summed E-state index contributed by atoms with van der Waals surface area (Å²) in [5.41, 5.74) is 1.36. The largest absolute Gasteiger partial charge is 0.298 e. The summed E-state index contributed by atoms with van der Waals surface area (Å²) < 4.78 is 36.4. The van der Waals surface area contributed by atoms with E-state index in [9.17, 15) is 17.6 Å². The monoisotopic (exact) mass is 410 g/mol. The van der Waals surface area contributed by atoms with Gasteiger partial charge in [-0.2, -0.15) is 0 Å². The van der Waals surface area contributed by atoms with E-state index in [0.29, 0.717) is 16.4 Å². The molecule has 0 spiro atoms. The highest BCUT2D eigenvalue weighted by atomic mass is 35.5. The molecular formula is C17H12ClFN2O3S2. The molecule has 1 amide bonds. The average Bonchev–Trinajstić information content (AvgIpc) is 3.05. The summed E-state index contributed by atoms with van der Waals surface area (Å²) >= 11 is 6.96. The number of anilines is 1. The first-order valence-corrected chi connectivity index (χ1v) is 10.4. The fraction of sp³-hybridized carbons (Fsp3) is 0.0588. The number of nitrogens with zero attached hydrogens (tertiary/aromatic N) is 1. The Kier molecular flexibility index (Phi) is 5.08. The summed E-state index contributed by atoms with van der Waals surface area (Å²) in [5.74, 6) is -1.00. The summed E-state index contributed by atoms with van der Waals surface area (Å²) in [6.07, 6.45) is 1.07. The van der Waals surface area contributed by atoms with Gasteiger partial charge in [-0.3, -0.25) is 10.1 Å². The van der Waals surface area contributed by atoms with Gasteiger partial charge in [0.05, 0.1) is 15.6 Å². The van der Waals surface area contributed by atoms with Crippen LogP contribution in [0.2, 0.25) is 5.02 Å². The number of nitrogens with one attached hydrogen (secondary N) is 1. The summed E-state index contributed by atoms with van der Waals surface area (Å²) in [7, 11) is -3.41. The van der Waals surface area contributed by atoms with Crippen LogP contribution in [0.3, 0.4) is 0 Å². The number of carbonyl (C=O) groups excluding carboxylic acids is 1. The maximum absolute atomic E-state index is 13.2. The van der Waals surface area contributed by atoms with Crippen LogP contribution >= 0.6 is 22.9 Å². The molecule has 0 atom stereocenters. The summed E-state index contributed by atoms with van der Waals surface area (Å²) in [6, 6.07) is 9.97. The minimum absolute atomic E-state index is 0.0151. The van der Waals surface area contributed by atoms with Crippen molar-refractivity contribution in [1.82, 2.24) is 4.98 Å². The molecule has 0 aliphatic carbocycles. The van der Waals surface area contributed by atoms with E-state index < -0.39 is 21.6 Å². The van der Waals surface area contributed by atoms with Gasteiger partial charge in [0, 0.05) is 22.8 Å². The van der Waals surface area contributed by atoms with Gasteiger partial charge in [0.2, 0.25) is 0 Å². The Balaban J connectivity index is 1.81. The van der Waals surface area contributed by atoms with Crippen molar-refractivity contribution >= 4 is 43.8 Å². The lowest BCUT2D eigenvalue weighted by atomic mass is 10.2. The Labute approximate surface area is 158 Å². The van der Waals surface area contributed by atoms with Crippen LogP contribution in [0.1, 0.15) is 10.4 Å². The predicted octanol–water partition coefficient (Wildman–Crippen LogP) is 4.26. The van der Waals surface area contributed by atoms with Gasteiger partial charge in [0.1, 0.15) is 5.82 Å². The number of carbonyl (C=O) groups is 1. The third kappa shape index (κ3) is 4.09. The molecule has 0 saturated carbocycles. The zero-order valence-corrected chi connectivity index (χ0v) is 15.8. The smallest absolute Gasteiger partial charge is 0.257 e. The molecule has 0 aliphatic heterocycles. The number of thiazole rings is 1. The molecular weight excluding hydrogens is 399 g/mol. The fourth-order valence-electron chi connectivity index (χ4n) is 2.16. The van der Waals surface area contributed by atoms with Crippen molar-refractivity contribution in [2.45, 2.75) is 4.90 Å². The molecule has 0 radical (unpaired) electrons. The van der Waals surface area contributed by atoms with Crippen LogP contribution in [0, 0.1) is 5.82 Å². The maximum Gasteiger partial charge on any atom is 0.257 e. The number of benzene rings is 2. The van der Waals surface area contributed by atoms with Gasteiger partial charge in [0.25, 0.3) is 5.91 Å². The normalized spacial score (nSPS) is 11.3. The minimum atomic E-state index is -3.41. The van der Waals surface area contributed by atoms with Crippen molar-refractivity contribution in [3.8, 4) is 11.3 Å². The number of hydrogen-bond acceptors (Lipinski definition) is 5. The van der Waals surface area contributed by atoms with Crippen LogP contribution in [0.15, 0.2) is 52.7 Å². The highest BCUT2D eigenvalue weighted by Crippen LogP contribution is 2.28. The first-order chi connectivity index (χ1) is 12.2. The number of sulfone groups is 1. The number of aromatic nitrogens is 1. The van der Waals surface area contributed by atoms with Crippen molar-refractivity contribution < 1.29 is 17.6 Å². The summed E-state index contributed by atoms with van der Waals surface area (Å²) in [5, 5.41) is 4.63. The van der Waals surface area contributed by atoms with E-state index in [2.05, 4.69) is 10.3 Å². The SMILES string of the molecule is CS(=O)(=O)c1cccc(C(=O)Nc2nc(-c3ccc(F)c(Cl)c3)cs2)c1. The van der Waals surface area contributed by atoms with Crippen molar-refractivity contribution in [2.75, 3.05) is 11.6 Å². The Bertz CT molecular complexity index is 1100.